The van der Waals surface area contributed by atoms with Gasteiger partial charge in [0.05, 0.1) is 17.2 Å². The molecule has 0 atom stereocenters. The second kappa shape index (κ2) is 5.41. The van der Waals surface area contributed by atoms with E-state index in [2.05, 4.69) is 16.5 Å². The Morgan fingerprint density at radius 3 is 2.86 bits per heavy atom. The summed E-state index contributed by atoms with van der Waals surface area (Å²) in [6.07, 6.45) is 5.88. The lowest BCUT2D eigenvalue weighted by molar-refractivity contribution is 0.0942. The molecule has 0 bridgehead atoms. The van der Waals surface area contributed by atoms with Gasteiger partial charge in [-0.25, -0.2) is 0 Å². The van der Waals surface area contributed by atoms with Crippen LogP contribution in [-0.4, -0.2) is 22.2 Å². The third-order valence-electron chi connectivity index (χ3n) is 3.93. The van der Waals surface area contributed by atoms with Gasteiger partial charge in [-0.1, -0.05) is 12.1 Å². The average molecular weight is 280 g/mol. The molecule has 1 heterocycles. The molecular formula is C16H16N4O. The highest BCUT2D eigenvalue weighted by Crippen LogP contribution is 2.46. The molecule has 5 heteroatoms. The van der Waals surface area contributed by atoms with E-state index in [0.29, 0.717) is 17.7 Å². The molecule has 21 heavy (non-hydrogen) atoms. The zero-order valence-corrected chi connectivity index (χ0v) is 11.6. The van der Waals surface area contributed by atoms with Crippen LogP contribution >= 0.6 is 0 Å². The summed E-state index contributed by atoms with van der Waals surface area (Å²) in [5, 5.41) is 16.2. The summed E-state index contributed by atoms with van der Waals surface area (Å²) in [4.78, 5) is 12.2. The first-order chi connectivity index (χ1) is 10.2. The number of carbonyl (C=O) groups excluding carboxylic acids is 1. The minimum absolute atomic E-state index is 0.114. The number of rotatable bonds is 5. The largest absolute Gasteiger partial charge is 0.351 e. The minimum Gasteiger partial charge on any atom is -0.351 e. The molecular weight excluding hydrogens is 264 g/mol. The monoisotopic (exact) mass is 280 g/mol. The summed E-state index contributed by atoms with van der Waals surface area (Å²) < 4.78 is 1.91. The Hall–Kier alpha value is -2.61. The van der Waals surface area contributed by atoms with E-state index in [1.807, 2.05) is 16.9 Å². The van der Waals surface area contributed by atoms with E-state index in [1.165, 1.54) is 0 Å². The van der Waals surface area contributed by atoms with E-state index < -0.39 is 0 Å². The van der Waals surface area contributed by atoms with E-state index in [-0.39, 0.29) is 11.3 Å². The van der Waals surface area contributed by atoms with Crippen LogP contribution in [0.4, 0.5) is 0 Å². The van der Waals surface area contributed by atoms with Gasteiger partial charge in [0.25, 0.3) is 5.91 Å². The zero-order chi connectivity index (χ0) is 14.7. The lowest BCUT2D eigenvalue weighted by atomic mass is 10.1. The van der Waals surface area contributed by atoms with E-state index >= 15 is 0 Å². The Morgan fingerprint density at radius 2 is 2.19 bits per heavy atom. The average Bonchev–Trinajstić information content (AvgIpc) is 3.09. The minimum atomic E-state index is -0.182. The highest BCUT2D eigenvalue weighted by atomic mass is 16.1. The molecule has 1 fully saturated rings. The normalized spacial score (nSPS) is 15.2. The molecule has 1 aliphatic carbocycles. The van der Waals surface area contributed by atoms with Crippen LogP contribution in [0.3, 0.4) is 0 Å². The van der Waals surface area contributed by atoms with Crippen molar-refractivity contribution < 1.29 is 4.79 Å². The number of nitriles is 1. The number of hydrogen-bond donors (Lipinski definition) is 1. The van der Waals surface area contributed by atoms with E-state index in [4.69, 9.17) is 5.26 Å². The van der Waals surface area contributed by atoms with Crippen LogP contribution in [0.25, 0.3) is 0 Å². The lowest BCUT2D eigenvalue weighted by Crippen LogP contribution is -2.32. The molecule has 0 spiro atoms. The van der Waals surface area contributed by atoms with Gasteiger partial charge in [-0.15, -0.1) is 0 Å². The highest BCUT2D eigenvalue weighted by molar-refractivity contribution is 5.96. The Bertz CT molecular complexity index is 681. The molecule has 1 N–H and O–H groups in total. The fourth-order valence-corrected chi connectivity index (χ4v) is 2.45. The summed E-state index contributed by atoms with van der Waals surface area (Å²) in [5.41, 5.74) is 0.963. The molecule has 0 aliphatic heterocycles. The molecule has 1 aromatic carbocycles. The SMILES string of the molecule is N#Cc1ccccc1C(=O)NCC1(Cn2cccn2)CC1. The third kappa shape index (κ3) is 2.95. The number of nitrogens with zero attached hydrogens (tertiary/aromatic N) is 3. The van der Waals surface area contributed by atoms with Gasteiger partial charge in [-0.05, 0) is 31.0 Å². The van der Waals surface area contributed by atoms with Gasteiger partial charge in [0.15, 0.2) is 0 Å². The van der Waals surface area contributed by atoms with Crippen molar-refractivity contribution in [1.29, 1.82) is 5.26 Å². The van der Waals surface area contributed by atoms with Crippen LogP contribution in [0.15, 0.2) is 42.7 Å². The number of hydrogen-bond acceptors (Lipinski definition) is 3. The van der Waals surface area contributed by atoms with E-state index in [1.54, 1.807) is 30.5 Å². The standard InChI is InChI=1S/C16H16N4O/c17-10-13-4-1-2-5-14(13)15(21)18-11-16(6-7-16)12-20-9-3-8-19-20/h1-5,8-9H,6-7,11-12H2,(H,18,21). The van der Waals surface area contributed by atoms with Crippen molar-refractivity contribution in [3.05, 3.63) is 53.9 Å². The number of benzene rings is 1. The summed E-state index contributed by atoms with van der Waals surface area (Å²) in [5.74, 6) is -0.182. The second-order valence-electron chi connectivity index (χ2n) is 5.54. The molecule has 1 aromatic heterocycles. The molecule has 3 rings (SSSR count). The highest BCUT2D eigenvalue weighted by Gasteiger charge is 2.43. The fraction of sp³-hybridized carbons (Fsp3) is 0.312. The number of carbonyl (C=O) groups is 1. The van der Waals surface area contributed by atoms with Crippen molar-refractivity contribution in [3.8, 4) is 6.07 Å². The topological polar surface area (TPSA) is 70.7 Å². The predicted octanol–water partition coefficient (Wildman–Crippen LogP) is 1.96. The van der Waals surface area contributed by atoms with Crippen LogP contribution in [0, 0.1) is 16.7 Å². The smallest absolute Gasteiger partial charge is 0.252 e. The summed E-state index contributed by atoms with van der Waals surface area (Å²) in [6, 6.07) is 10.8. The van der Waals surface area contributed by atoms with Crippen molar-refractivity contribution in [2.75, 3.05) is 6.54 Å². The van der Waals surface area contributed by atoms with Crippen LogP contribution < -0.4 is 5.32 Å². The second-order valence-corrected chi connectivity index (χ2v) is 5.54. The zero-order valence-electron chi connectivity index (χ0n) is 11.6. The molecule has 0 saturated heterocycles. The Balaban J connectivity index is 1.63. The van der Waals surface area contributed by atoms with Gasteiger partial charge in [-0.3, -0.25) is 9.48 Å². The number of nitrogens with one attached hydrogen (secondary N) is 1. The molecule has 2 aromatic rings. The Labute approximate surface area is 123 Å². The van der Waals surface area contributed by atoms with Crippen LogP contribution in [-0.2, 0) is 6.54 Å². The quantitative estimate of drug-likeness (QED) is 0.910. The van der Waals surface area contributed by atoms with E-state index in [0.717, 1.165) is 19.4 Å². The van der Waals surface area contributed by atoms with Gasteiger partial charge in [-0.2, -0.15) is 10.4 Å². The molecule has 1 amide bonds. The van der Waals surface area contributed by atoms with E-state index in [9.17, 15) is 4.79 Å². The first-order valence-electron chi connectivity index (χ1n) is 6.97. The first kappa shape index (κ1) is 13.4. The maximum Gasteiger partial charge on any atom is 0.252 e. The summed E-state index contributed by atoms with van der Waals surface area (Å²) >= 11 is 0. The maximum absolute atomic E-state index is 12.2. The molecule has 0 unspecified atom stereocenters. The molecule has 5 nitrogen and oxygen atoms in total. The van der Waals surface area contributed by atoms with Crippen molar-refractivity contribution in [1.82, 2.24) is 15.1 Å². The third-order valence-corrected chi connectivity index (χ3v) is 3.93. The molecule has 1 aliphatic rings. The van der Waals surface area contributed by atoms with Gasteiger partial charge in [0.1, 0.15) is 0 Å². The predicted molar refractivity (Wildman–Crippen MR) is 77.4 cm³/mol. The summed E-state index contributed by atoms with van der Waals surface area (Å²) in [6.45, 7) is 1.44. The maximum atomic E-state index is 12.2. The lowest BCUT2D eigenvalue weighted by Gasteiger charge is -2.16. The van der Waals surface area contributed by atoms with Crippen LogP contribution in [0.1, 0.15) is 28.8 Å². The van der Waals surface area contributed by atoms with Gasteiger partial charge >= 0.3 is 0 Å². The number of aromatic nitrogens is 2. The fourth-order valence-electron chi connectivity index (χ4n) is 2.45. The first-order valence-corrected chi connectivity index (χ1v) is 6.97. The summed E-state index contributed by atoms with van der Waals surface area (Å²) in [7, 11) is 0. The van der Waals surface area contributed by atoms with Crippen molar-refractivity contribution in [3.63, 3.8) is 0 Å². The van der Waals surface area contributed by atoms with Gasteiger partial charge in [0, 0.05) is 30.9 Å². The van der Waals surface area contributed by atoms with Crippen LogP contribution in [0.5, 0.6) is 0 Å². The number of amides is 1. The molecule has 0 radical (unpaired) electrons. The van der Waals surface area contributed by atoms with Crippen molar-refractivity contribution >= 4 is 5.91 Å². The van der Waals surface area contributed by atoms with Gasteiger partial charge in [0.2, 0.25) is 0 Å². The molecule has 1 saturated carbocycles. The molecule has 106 valence electrons. The van der Waals surface area contributed by atoms with Gasteiger partial charge < -0.3 is 5.32 Å². The Morgan fingerprint density at radius 1 is 1.38 bits per heavy atom. The van der Waals surface area contributed by atoms with Crippen molar-refractivity contribution in [2.45, 2.75) is 19.4 Å². The Kier molecular flexibility index (Phi) is 3.44. The van der Waals surface area contributed by atoms with Crippen molar-refractivity contribution in [2.24, 2.45) is 5.41 Å². The van der Waals surface area contributed by atoms with Crippen LogP contribution in [0.2, 0.25) is 0 Å².